The molecule has 2 aliphatic rings. The summed E-state index contributed by atoms with van der Waals surface area (Å²) in [5, 5.41) is 18.9. The summed E-state index contributed by atoms with van der Waals surface area (Å²) in [4.78, 5) is 0. The van der Waals surface area contributed by atoms with Gasteiger partial charge in [-0.2, -0.15) is 10.2 Å². The summed E-state index contributed by atoms with van der Waals surface area (Å²) in [5.74, 6) is 1.55. The minimum atomic E-state index is 0.651. The zero-order valence-electron chi connectivity index (χ0n) is 16.1. The van der Waals surface area contributed by atoms with Gasteiger partial charge in [-0.25, -0.2) is 0 Å². The van der Waals surface area contributed by atoms with E-state index in [1.807, 2.05) is 72.8 Å². The van der Waals surface area contributed by atoms with Gasteiger partial charge in [0.15, 0.2) is 10.2 Å². The highest BCUT2D eigenvalue weighted by atomic mass is 79.9. The lowest BCUT2D eigenvalue weighted by Crippen LogP contribution is -2.02. The zero-order valence-corrected chi connectivity index (χ0v) is 20.9. The van der Waals surface area contributed by atoms with Gasteiger partial charge in [-0.05, 0) is 56.1 Å². The van der Waals surface area contributed by atoms with Crippen LogP contribution in [0.4, 0.5) is 11.4 Å². The molecular formula is C22H16Br2N4OS2. The van der Waals surface area contributed by atoms with Gasteiger partial charge in [-0.1, -0.05) is 72.1 Å². The van der Waals surface area contributed by atoms with Crippen molar-refractivity contribution in [2.75, 3.05) is 11.5 Å². The number of rotatable bonds is 6. The fraction of sp³-hybridized carbons (Fsp3) is 0.0909. The second-order valence-corrected chi connectivity index (χ2v) is 9.87. The van der Waals surface area contributed by atoms with Gasteiger partial charge in [-0.3, -0.25) is 0 Å². The number of benzene rings is 2. The molecule has 156 valence electrons. The van der Waals surface area contributed by atoms with E-state index in [-0.39, 0.29) is 0 Å². The third kappa shape index (κ3) is 6.06. The zero-order chi connectivity index (χ0) is 21.5. The van der Waals surface area contributed by atoms with Gasteiger partial charge >= 0.3 is 0 Å². The molecule has 4 rings (SSSR count). The molecule has 0 amide bonds. The minimum Gasteiger partial charge on any atom is -0.439 e. The van der Waals surface area contributed by atoms with E-state index in [0.717, 1.165) is 31.8 Å². The molecule has 0 saturated heterocycles. The molecule has 0 spiro atoms. The van der Waals surface area contributed by atoms with Crippen LogP contribution in [-0.4, -0.2) is 11.5 Å². The maximum absolute atomic E-state index is 6.31. The van der Waals surface area contributed by atoms with Crippen LogP contribution < -0.4 is 0 Å². The van der Waals surface area contributed by atoms with E-state index < -0.39 is 0 Å². The Labute approximate surface area is 205 Å². The number of nitrogens with zero attached hydrogens (tertiary/aromatic N) is 4. The lowest BCUT2D eigenvalue weighted by Gasteiger charge is -2.19. The fourth-order valence-corrected chi connectivity index (χ4v) is 5.78. The van der Waals surface area contributed by atoms with Crippen molar-refractivity contribution in [2.24, 2.45) is 20.5 Å². The van der Waals surface area contributed by atoms with Crippen molar-refractivity contribution in [3.8, 4) is 0 Å². The van der Waals surface area contributed by atoms with E-state index >= 15 is 0 Å². The van der Waals surface area contributed by atoms with Crippen molar-refractivity contribution in [1.82, 2.24) is 0 Å². The summed E-state index contributed by atoms with van der Waals surface area (Å²) in [6.07, 6.45) is 4.09. The summed E-state index contributed by atoms with van der Waals surface area (Å²) in [7, 11) is 0. The maximum atomic E-state index is 6.31. The second kappa shape index (κ2) is 11.1. The van der Waals surface area contributed by atoms with Crippen molar-refractivity contribution in [2.45, 2.75) is 0 Å². The molecule has 0 N–H and O–H groups in total. The van der Waals surface area contributed by atoms with E-state index in [2.05, 4.69) is 52.3 Å². The Kier molecular flexibility index (Phi) is 7.96. The highest BCUT2D eigenvalue weighted by molar-refractivity contribution is 9.12. The van der Waals surface area contributed by atoms with Crippen LogP contribution in [0.2, 0.25) is 0 Å². The molecule has 0 aromatic heterocycles. The number of ether oxygens (including phenoxy) is 1. The third-order valence-electron chi connectivity index (χ3n) is 4.02. The molecule has 0 bridgehead atoms. The molecule has 2 aromatic rings. The summed E-state index contributed by atoms with van der Waals surface area (Å²) in [5.41, 5.74) is 2.86. The van der Waals surface area contributed by atoms with Gasteiger partial charge in [0.25, 0.3) is 0 Å². The quantitative estimate of drug-likeness (QED) is 0.323. The standard InChI is InChI=1S/C22H16Br2N4OS2/c23-17-11-13-30-21(19(17)27-25-15-7-3-1-4-8-15)29-22-20(18(24)12-14-31-22)28-26-16-9-5-2-6-10-16/h1-12H,13-14H2. The molecule has 0 aliphatic carbocycles. The van der Waals surface area contributed by atoms with Gasteiger partial charge in [0.05, 0.1) is 11.4 Å². The average Bonchev–Trinajstić information content (AvgIpc) is 2.80. The molecule has 9 heteroatoms. The highest BCUT2D eigenvalue weighted by Gasteiger charge is 2.23. The summed E-state index contributed by atoms with van der Waals surface area (Å²) >= 11 is 10.3. The van der Waals surface area contributed by atoms with Gasteiger partial charge in [0, 0.05) is 20.5 Å². The first-order valence-corrected chi connectivity index (χ1v) is 12.8. The van der Waals surface area contributed by atoms with Crippen LogP contribution in [0.25, 0.3) is 0 Å². The fourth-order valence-electron chi connectivity index (χ4n) is 2.53. The Morgan fingerprint density at radius 3 is 1.45 bits per heavy atom. The van der Waals surface area contributed by atoms with Crippen molar-refractivity contribution in [3.63, 3.8) is 0 Å². The summed E-state index contributed by atoms with van der Waals surface area (Å²) in [6, 6.07) is 19.2. The first-order chi connectivity index (χ1) is 15.2. The van der Waals surface area contributed by atoms with E-state index in [9.17, 15) is 0 Å². The summed E-state index contributed by atoms with van der Waals surface area (Å²) in [6.45, 7) is 0. The number of thioether (sulfide) groups is 2. The van der Waals surface area contributed by atoms with Gasteiger partial charge in [0.2, 0.25) is 0 Å². The molecule has 0 fully saturated rings. The van der Waals surface area contributed by atoms with Gasteiger partial charge in [-0.15, -0.1) is 10.2 Å². The smallest absolute Gasteiger partial charge is 0.190 e. The summed E-state index contributed by atoms with van der Waals surface area (Å²) < 4.78 is 8.01. The third-order valence-corrected chi connectivity index (χ3v) is 7.16. The predicted molar refractivity (Wildman–Crippen MR) is 136 cm³/mol. The van der Waals surface area contributed by atoms with Crippen LogP contribution in [0.1, 0.15) is 0 Å². The van der Waals surface area contributed by atoms with E-state index in [1.54, 1.807) is 23.5 Å². The maximum Gasteiger partial charge on any atom is 0.190 e. The largest absolute Gasteiger partial charge is 0.439 e. The molecule has 2 aliphatic heterocycles. The monoisotopic (exact) mass is 574 g/mol. The highest BCUT2D eigenvalue weighted by Crippen LogP contribution is 2.42. The number of hydrogen-bond donors (Lipinski definition) is 0. The molecule has 31 heavy (non-hydrogen) atoms. The molecule has 2 heterocycles. The molecule has 0 saturated carbocycles. The van der Waals surface area contributed by atoms with E-state index in [4.69, 9.17) is 4.74 Å². The Balaban J connectivity index is 1.65. The van der Waals surface area contributed by atoms with E-state index in [1.165, 1.54) is 0 Å². The van der Waals surface area contributed by atoms with Crippen molar-refractivity contribution in [1.29, 1.82) is 0 Å². The first-order valence-electron chi connectivity index (χ1n) is 9.28. The van der Waals surface area contributed by atoms with Crippen molar-refractivity contribution >= 4 is 66.8 Å². The van der Waals surface area contributed by atoms with Crippen LogP contribution >= 0.6 is 55.4 Å². The van der Waals surface area contributed by atoms with Gasteiger partial charge < -0.3 is 4.74 Å². The Morgan fingerprint density at radius 2 is 1.03 bits per heavy atom. The molecule has 0 atom stereocenters. The topological polar surface area (TPSA) is 58.7 Å². The van der Waals surface area contributed by atoms with Crippen molar-refractivity contribution in [3.05, 3.63) is 103 Å². The number of allylic oxidation sites excluding steroid dienone is 2. The Bertz CT molecular complexity index is 1040. The molecule has 0 unspecified atom stereocenters. The van der Waals surface area contributed by atoms with Gasteiger partial charge in [0.1, 0.15) is 11.4 Å². The Hall–Kier alpha value is -1.94. The van der Waals surface area contributed by atoms with Crippen LogP contribution in [-0.2, 0) is 4.74 Å². The van der Waals surface area contributed by atoms with Crippen LogP contribution in [0, 0.1) is 0 Å². The number of hydrogen-bond acceptors (Lipinski definition) is 7. The average molecular weight is 576 g/mol. The predicted octanol–water partition coefficient (Wildman–Crippen LogP) is 8.96. The Morgan fingerprint density at radius 1 is 0.613 bits per heavy atom. The second-order valence-electron chi connectivity index (χ2n) is 6.17. The van der Waals surface area contributed by atoms with Crippen LogP contribution in [0.5, 0.6) is 0 Å². The van der Waals surface area contributed by atoms with Crippen LogP contribution in [0.3, 0.4) is 0 Å². The lowest BCUT2D eigenvalue weighted by molar-refractivity contribution is 0.364. The lowest BCUT2D eigenvalue weighted by atomic mass is 10.3. The number of halogens is 2. The van der Waals surface area contributed by atoms with E-state index in [0.29, 0.717) is 21.6 Å². The molecule has 5 nitrogen and oxygen atoms in total. The SMILES string of the molecule is BrC1=CCSC(OC2=C(N=Nc3ccccc3)C(Br)=CCS2)=C1N=Nc1ccccc1. The molecule has 2 aromatic carbocycles. The number of azo groups is 2. The first kappa shape index (κ1) is 22.3. The van der Waals surface area contributed by atoms with Crippen LogP contribution in [0.15, 0.2) is 124 Å². The minimum absolute atomic E-state index is 0.651. The molecule has 0 radical (unpaired) electrons. The van der Waals surface area contributed by atoms with Crippen molar-refractivity contribution < 1.29 is 4.74 Å². The molecular weight excluding hydrogens is 560 g/mol. The normalized spacial score (nSPS) is 17.4.